The lowest BCUT2D eigenvalue weighted by Gasteiger charge is -2.33. The lowest BCUT2D eigenvalue weighted by molar-refractivity contribution is -0.184. The molecule has 2 heterocycles. The third-order valence-corrected chi connectivity index (χ3v) is 10.0. The van der Waals surface area contributed by atoms with Gasteiger partial charge in [-0.15, -0.1) is 0 Å². The molecule has 226 valence electrons. The van der Waals surface area contributed by atoms with Crippen LogP contribution >= 0.6 is 0 Å². The lowest BCUT2D eigenvalue weighted by atomic mass is 9.85. The van der Waals surface area contributed by atoms with Gasteiger partial charge in [0.25, 0.3) is 0 Å². The van der Waals surface area contributed by atoms with E-state index in [1.165, 1.54) is 0 Å². The number of alkyl halides is 3. The lowest BCUT2D eigenvalue weighted by Crippen LogP contribution is -2.48. The van der Waals surface area contributed by atoms with Crippen LogP contribution in [0.25, 0.3) is 22.2 Å². The predicted molar refractivity (Wildman–Crippen MR) is 151 cm³/mol. The van der Waals surface area contributed by atoms with Crippen molar-refractivity contribution in [3.63, 3.8) is 0 Å². The monoisotopic (exact) mass is 605 g/mol. The Labute approximate surface area is 242 Å². The molecule has 5 rings (SSSR count). The molecule has 2 N–H and O–H groups in total. The Morgan fingerprint density at radius 3 is 2.33 bits per heavy atom. The number of nitrogens with one attached hydrogen (secondary N) is 1. The number of carboxylic acid groups (broad SMARTS) is 1. The second-order valence-electron chi connectivity index (χ2n) is 11.3. The molecule has 0 unspecified atom stereocenters. The average Bonchev–Trinajstić information content (AvgIpc) is 3.57. The molecule has 8 nitrogen and oxygen atoms in total. The van der Waals surface area contributed by atoms with Crippen LogP contribution in [0.15, 0.2) is 53.4 Å². The van der Waals surface area contributed by atoms with Gasteiger partial charge in [-0.25, -0.2) is 13.1 Å². The Kier molecular flexibility index (Phi) is 8.39. The first-order chi connectivity index (χ1) is 19.8. The number of hydrogen-bond acceptors (Lipinski definition) is 4. The van der Waals surface area contributed by atoms with E-state index in [-0.39, 0.29) is 24.3 Å². The van der Waals surface area contributed by atoms with Gasteiger partial charge in [-0.05, 0) is 74.3 Å². The highest BCUT2D eigenvalue weighted by Gasteiger charge is 2.49. The molecule has 3 aromatic rings. The van der Waals surface area contributed by atoms with Gasteiger partial charge in [0.2, 0.25) is 15.9 Å². The van der Waals surface area contributed by atoms with E-state index < -0.39 is 46.1 Å². The number of likely N-dealkylation sites (tertiary alicyclic amines) is 1. The van der Waals surface area contributed by atoms with Crippen LogP contribution in [0.4, 0.5) is 13.2 Å². The largest absolute Gasteiger partial charge is 0.481 e. The highest BCUT2D eigenvalue weighted by Crippen LogP contribution is 2.36. The maximum atomic E-state index is 13.3. The molecule has 1 aliphatic heterocycles. The zero-order valence-corrected chi connectivity index (χ0v) is 24.0. The number of carbonyl (C=O) groups is 2. The third kappa shape index (κ3) is 6.34. The minimum Gasteiger partial charge on any atom is -0.481 e. The number of amides is 1. The number of sulfonamides is 1. The number of carboxylic acids is 1. The van der Waals surface area contributed by atoms with Crippen molar-refractivity contribution in [2.24, 2.45) is 13.0 Å². The van der Waals surface area contributed by atoms with Gasteiger partial charge >= 0.3 is 12.1 Å². The molecule has 42 heavy (non-hydrogen) atoms. The number of aliphatic carboxylic acids is 1. The minimum absolute atomic E-state index is 0.0548. The van der Waals surface area contributed by atoms with Crippen LogP contribution in [0.3, 0.4) is 0 Å². The smallest absolute Gasteiger partial charge is 0.408 e. The number of aryl methyl sites for hydroxylation is 2. The quantitative estimate of drug-likeness (QED) is 0.365. The first kappa shape index (κ1) is 30.1. The van der Waals surface area contributed by atoms with E-state index in [1.807, 2.05) is 41.9 Å². The van der Waals surface area contributed by atoms with Gasteiger partial charge in [-0.3, -0.25) is 9.59 Å². The standard InChI is InChI=1S/C30H34F3N3O5S/c1-35-25(20-7-4-19(5-8-20)6-15-28(37)38)17-22-11-14-24(18-26(22)35)42(40,41)34-23-12-9-21(10-13-23)29(39)36-16-2-3-27(36)30(31,32)33/h4-5,7-8,11,14,17-18,21,23,27,34H,2-3,6,9-10,12-13,15-16H2,1H3,(H,37,38)/t21?,23?,27-/m1/s1. The van der Waals surface area contributed by atoms with E-state index >= 15 is 0 Å². The molecule has 0 spiro atoms. The number of rotatable bonds is 8. The molecule has 1 aliphatic carbocycles. The van der Waals surface area contributed by atoms with Crippen LogP contribution in [-0.2, 0) is 33.1 Å². The Bertz CT molecular complexity index is 1580. The normalized spacial score (nSPS) is 21.6. The Morgan fingerprint density at radius 2 is 1.69 bits per heavy atom. The van der Waals surface area contributed by atoms with Crippen molar-refractivity contribution < 1.29 is 36.3 Å². The molecular formula is C30H34F3N3O5S. The number of fused-ring (bicyclic) bond motifs is 1. The van der Waals surface area contributed by atoms with Gasteiger partial charge < -0.3 is 14.6 Å². The number of nitrogens with zero attached hydrogens (tertiary/aromatic N) is 2. The van der Waals surface area contributed by atoms with E-state index in [9.17, 15) is 31.2 Å². The van der Waals surface area contributed by atoms with Crippen LogP contribution in [-0.4, -0.2) is 59.7 Å². The minimum atomic E-state index is -4.44. The summed E-state index contributed by atoms with van der Waals surface area (Å²) in [6.45, 7) is 0.108. The van der Waals surface area contributed by atoms with Crippen molar-refractivity contribution in [3.05, 3.63) is 54.1 Å². The fourth-order valence-electron chi connectivity index (χ4n) is 6.20. The molecule has 2 aromatic carbocycles. The topological polar surface area (TPSA) is 109 Å². The van der Waals surface area contributed by atoms with Crippen molar-refractivity contribution in [1.82, 2.24) is 14.2 Å². The summed E-state index contributed by atoms with van der Waals surface area (Å²) in [5.41, 5.74) is 3.43. The van der Waals surface area contributed by atoms with E-state index in [2.05, 4.69) is 4.72 Å². The SMILES string of the molecule is Cn1c(-c2ccc(CCC(=O)O)cc2)cc2ccc(S(=O)(=O)NC3CCC(C(=O)N4CCC[C@@H]4C(F)(F)F)CC3)cc21. The molecular weight excluding hydrogens is 571 g/mol. The van der Waals surface area contributed by atoms with Gasteiger partial charge in [0, 0.05) is 48.6 Å². The summed E-state index contributed by atoms with van der Waals surface area (Å²) >= 11 is 0. The van der Waals surface area contributed by atoms with E-state index in [0.29, 0.717) is 38.5 Å². The molecule has 1 atom stereocenters. The fourth-order valence-corrected chi connectivity index (χ4v) is 7.52. The molecule has 1 saturated heterocycles. The maximum absolute atomic E-state index is 13.3. The van der Waals surface area contributed by atoms with Gasteiger partial charge in [0.1, 0.15) is 6.04 Å². The van der Waals surface area contributed by atoms with Crippen LogP contribution in [0.2, 0.25) is 0 Å². The maximum Gasteiger partial charge on any atom is 0.408 e. The summed E-state index contributed by atoms with van der Waals surface area (Å²) in [5, 5.41) is 9.76. The zero-order valence-electron chi connectivity index (χ0n) is 23.2. The summed E-state index contributed by atoms with van der Waals surface area (Å²) < 4.78 is 71.2. The molecule has 2 aliphatic rings. The zero-order chi connectivity index (χ0) is 30.2. The summed E-state index contributed by atoms with van der Waals surface area (Å²) in [7, 11) is -2.03. The predicted octanol–water partition coefficient (Wildman–Crippen LogP) is 5.25. The van der Waals surface area contributed by atoms with E-state index in [1.54, 1.807) is 18.2 Å². The molecule has 1 amide bonds. The van der Waals surface area contributed by atoms with Crippen molar-refractivity contribution in [3.8, 4) is 11.3 Å². The van der Waals surface area contributed by atoms with Gasteiger partial charge in [-0.1, -0.05) is 30.3 Å². The molecule has 1 saturated carbocycles. The molecule has 0 bridgehead atoms. The second-order valence-corrected chi connectivity index (χ2v) is 13.0. The van der Waals surface area contributed by atoms with Crippen LogP contribution < -0.4 is 4.72 Å². The Hall–Kier alpha value is -3.38. The summed E-state index contributed by atoms with van der Waals surface area (Å²) in [4.78, 5) is 24.8. The van der Waals surface area contributed by atoms with Crippen molar-refractivity contribution in [1.29, 1.82) is 0 Å². The van der Waals surface area contributed by atoms with Crippen molar-refractivity contribution >= 4 is 32.8 Å². The Balaban J connectivity index is 1.24. The van der Waals surface area contributed by atoms with Crippen LogP contribution in [0.1, 0.15) is 50.5 Å². The summed E-state index contributed by atoms with van der Waals surface area (Å²) in [6, 6.07) is 12.3. The molecule has 0 radical (unpaired) electrons. The average molecular weight is 606 g/mol. The van der Waals surface area contributed by atoms with Crippen molar-refractivity contribution in [2.75, 3.05) is 6.54 Å². The fraction of sp³-hybridized carbons (Fsp3) is 0.467. The van der Waals surface area contributed by atoms with E-state index in [0.717, 1.165) is 32.6 Å². The van der Waals surface area contributed by atoms with Crippen LogP contribution in [0, 0.1) is 5.92 Å². The summed E-state index contributed by atoms with van der Waals surface area (Å²) in [5.74, 6) is -1.86. The first-order valence-corrected chi connectivity index (χ1v) is 15.6. The second kappa shape index (κ2) is 11.7. The van der Waals surface area contributed by atoms with Gasteiger partial charge in [0.15, 0.2) is 0 Å². The van der Waals surface area contributed by atoms with Gasteiger partial charge in [-0.2, -0.15) is 13.2 Å². The number of carbonyl (C=O) groups excluding carboxylic acids is 1. The van der Waals surface area contributed by atoms with Gasteiger partial charge in [0.05, 0.1) is 4.90 Å². The molecule has 2 fully saturated rings. The van der Waals surface area contributed by atoms with Crippen molar-refractivity contribution in [2.45, 2.75) is 74.5 Å². The third-order valence-electron chi connectivity index (χ3n) is 8.52. The van der Waals surface area contributed by atoms with E-state index in [4.69, 9.17) is 5.11 Å². The first-order valence-electron chi connectivity index (χ1n) is 14.1. The molecule has 1 aromatic heterocycles. The highest BCUT2D eigenvalue weighted by atomic mass is 32.2. The number of hydrogen-bond donors (Lipinski definition) is 2. The molecule has 12 heteroatoms. The number of aromatic nitrogens is 1. The highest BCUT2D eigenvalue weighted by molar-refractivity contribution is 7.89. The number of halogens is 3. The van der Waals surface area contributed by atoms with Crippen LogP contribution in [0.5, 0.6) is 0 Å². The summed E-state index contributed by atoms with van der Waals surface area (Å²) in [6.07, 6.45) is -2.26. The Morgan fingerprint density at radius 1 is 1.00 bits per heavy atom. The number of benzene rings is 2.